The molecule has 0 unspecified atom stereocenters. The molecule has 4 heteroatoms. The van der Waals surface area contributed by atoms with Gasteiger partial charge < -0.3 is 14.0 Å². The Hall–Kier alpha value is -1.78. The summed E-state index contributed by atoms with van der Waals surface area (Å²) >= 11 is 0. The summed E-state index contributed by atoms with van der Waals surface area (Å²) in [7, 11) is -0.410. The van der Waals surface area contributed by atoms with Gasteiger partial charge in [-0.2, -0.15) is 0 Å². The van der Waals surface area contributed by atoms with Crippen LogP contribution in [-0.4, -0.2) is 18.3 Å². The van der Waals surface area contributed by atoms with Crippen LogP contribution < -0.4 is 10.2 Å². The highest BCUT2D eigenvalue weighted by Gasteiger charge is 2.51. The van der Waals surface area contributed by atoms with Crippen molar-refractivity contribution in [3.8, 4) is 5.75 Å². The largest absolute Gasteiger partial charge is 0.494 e. The fourth-order valence-corrected chi connectivity index (χ4v) is 4.01. The highest BCUT2D eigenvalue weighted by molar-refractivity contribution is 6.62. The summed E-state index contributed by atoms with van der Waals surface area (Å²) < 4.78 is 19.2. The Morgan fingerprint density at radius 1 is 0.900 bits per heavy atom. The molecular formula is C26H36BO3. The lowest BCUT2D eigenvalue weighted by atomic mass is 9.76. The number of ether oxygens (including phenoxy) is 1. The minimum absolute atomic E-state index is 0.0802. The quantitative estimate of drug-likeness (QED) is 0.557. The summed E-state index contributed by atoms with van der Waals surface area (Å²) in [5.74, 6) is 0.805. The van der Waals surface area contributed by atoms with Gasteiger partial charge in [-0.1, -0.05) is 63.2 Å². The second-order valence-corrected chi connectivity index (χ2v) is 10.6. The van der Waals surface area contributed by atoms with Crippen molar-refractivity contribution in [3.05, 3.63) is 67.1 Å². The summed E-state index contributed by atoms with van der Waals surface area (Å²) in [6.45, 7) is 19.3. The van der Waals surface area contributed by atoms with E-state index in [1.807, 2.05) is 30.3 Å². The smallest absolute Gasteiger partial charge is 0.483 e. The van der Waals surface area contributed by atoms with Gasteiger partial charge in [0.1, 0.15) is 11.4 Å². The van der Waals surface area contributed by atoms with E-state index in [4.69, 9.17) is 14.0 Å². The summed E-state index contributed by atoms with van der Waals surface area (Å²) in [4.78, 5) is 0. The van der Waals surface area contributed by atoms with Crippen molar-refractivity contribution >= 4 is 12.6 Å². The predicted octanol–water partition coefficient (Wildman–Crippen LogP) is 5.92. The molecule has 2 aromatic carbocycles. The van der Waals surface area contributed by atoms with Crippen molar-refractivity contribution in [1.29, 1.82) is 0 Å². The first-order valence-corrected chi connectivity index (χ1v) is 10.9. The highest BCUT2D eigenvalue weighted by atomic mass is 16.7. The van der Waals surface area contributed by atoms with E-state index in [-0.39, 0.29) is 16.6 Å². The number of hydrogen-bond acceptors (Lipinski definition) is 3. The number of rotatable bonds is 6. The van der Waals surface area contributed by atoms with E-state index in [9.17, 15) is 0 Å². The molecule has 0 spiro atoms. The fraction of sp³-hybridized carbons (Fsp3) is 0.500. The van der Waals surface area contributed by atoms with Crippen LogP contribution in [0.15, 0.2) is 54.6 Å². The molecule has 1 heterocycles. The fourth-order valence-electron chi connectivity index (χ4n) is 4.01. The first-order valence-electron chi connectivity index (χ1n) is 10.9. The SMILES string of the molecule is [CH2]C[C@@](CC(C)(C)C)(Oc1cccc(B2OC(C)(C)C(C)(C)O2)c1)c1ccccc1. The van der Waals surface area contributed by atoms with E-state index < -0.39 is 12.7 Å². The van der Waals surface area contributed by atoms with Crippen LogP contribution in [0.4, 0.5) is 0 Å². The topological polar surface area (TPSA) is 27.7 Å². The van der Waals surface area contributed by atoms with Gasteiger partial charge in [0.25, 0.3) is 0 Å². The Bertz CT molecular complexity index is 838. The van der Waals surface area contributed by atoms with E-state index in [2.05, 4.69) is 79.7 Å². The van der Waals surface area contributed by atoms with E-state index >= 15 is 0 Å². The second-order valence-electron chi connectivity index (χ2n) is 10.6. The van der Waals surface area contributed by atoms with Gasteiger partial charge >= 0.3 is 7.12 Å². The molecule has 2 aromatic rings. The molecule has 1 saturated heterocycles. The molecule has 1 radical (unpaired) electrons. The Morgan fingerprint density at radius 2 is 1.50 bits per heavy atom. The standard InChI is InChI=1S/C26H36BO3/c1-9-26(19-23(2,3)4,20-14-11-10-12-15-20)28-22-17-13-16-21(18-22)27-29-24(5,6)25(7,8)30-27/h10-18H,1,9,19H2,2-8H3/t26-/m0/s1. The zero-order valence-electron chi connectivity index (χ0n) is 19.6. The molecule has 1 aliphatic rings. The van der Waals surface area contributed by atoms with Crippen LogP contribution in [0, 0.1) is 12.3 Å². The molecule has 0 bridgehead atoms. The van der Waals surface area contributed by atoms with Crippen molar-refractivity contribution in [2.75, 3.05) is 0 Å². The van der Waals surface area contributed by atoms with Crippen LogP contribution in [0.1, 0.15) is 66.9 Å². The first-order chi connectivity index (χ1) is 13.9. The zero-order valence-corrected chi connectivity index (χ0v) is 19.6. The third kappa shape index (κ3) is 4.76. The number of hydrogen-bond donors (Lipinski definition) is 0. The second kappa shape index (κ2) is 8.05. The third-order valence-corrected chi connectivity index (χ3v) is 6.22. The molecule has 1 atom stereocenters. The Labute approximate surface area is 183 Å². The van der Waals surface area contributed by atoms with Crippen molar-refractivity contribution in [2.24, 2.45) is 5.41 Å². The zero-order chi connectivity index (χ0) is 22.2. The van der Waals surface area contributed by atoms with Crippen LogP contribution >= 0.6 is 0 Å². The lowest BCUT2D eigenvalue weighted by Crippen LogP contribution is -2.41. The average molecular weight is 407 g/mol. The van der Waals surface area contributed by atoms with Crippen LogP contribution in [-0.2, 0) is 14.9 Å². The lowest BCUT2D eigenvalue weighted by Gasteiger charge is -2.39. The molecule has 30 heavy (non-hydrogen) atoms. The third-order valence-electron chi connectivity index (χ3n) is 6.22. The maximum Gasteiger partial charge on any atom is 0.494 e. The Morgan fingerprint density at radius 3 is 2.03 bits per heavy atom. The monoisotopic (exact) mass is 407 g/mol. The summed E-state index contributed by atoms with van der Waals surface area (Å²) in [6, 6.07) is 18.5. The number of benzene rings is 2. The summed E-state index contributed by atoms with van der Waals surface area (Å²) in [5.41, 5.74) is 0.943. The normalized spacial score (nSPS) is 20.1. The van der Waals surface area contributed by atoms with Crippen molar-refractivity contribution in [2.45, 2.75) is 78.1 Å². The highest BCUT2D eigenvalue weighted by Crippen LogP contribution is 2.41. The van der Waals surface area contributed by atoms with Gasteiger partial charge in [-0.25, -0.2) is 0 Å². The molecular weight excluding hydrogens is 371 g/mol. The van der Waals surface area contributed by atoms with E-state index in [0.717, 1.165) is 23.2 Å². The molecule has 161 valence electrons. The van der Waals surface area contributed by atoms with Gasteiger partial charge in [-0.3, -0.25) is 0 Å². The summed E-state index contributed by atoms with van der Waals surface area (Å²) in [6.07, 6.45) is 1.49. The van der Waals surface area contributed by atoms with Crippen LogP contribution in [0.3, 0.4) is 0 Å². The summed E-state index contributed by atoms with van der Waals surface area (Å²) in [5, 5.41) is 0. The van der Waals surface area contributed by atoms with Crippen LogP contribution in [0.5, 0.6) is 5.75 Å². The van der Waals surface area contributed by atoms with Crippen molar-refractivity contribution in [3.63, 3.8) is 0 Å². The van der Waals surface area contributed by atoms with Gasteiger partial charge in [0.05, 0.1) is 11.2 Å². The molecule has 3 nitrogen and oxygen atoms in total. The molecule has 1 aliphatic heterocycles. The van der Waals surface area contributed by atoms with Gasteiger partial charge in [0.2, 0.25) is 0 Å². The molecule has 0 N–H and O–H groups in total. The van der Waals surface area contributed by atoms with Gasteiger partial charge in [0.15, 0.2) is 0 Å². The minimum Gasteiger partial charge on any atom is -0.483 e. The molecule has 1 fully saturated rings. The van der Waals surface area contributed by atoms with Gasteiger partial charge in [-0.15, -0.1) is 0 Å². The van der Waals surface area contributed by atoms with Crippen LogP contribution in [0.25, 0.3) is 0 Å². The molecule has 3 rings (SSSR count). The molecule has 0 saturated carbocycles. The molecule has 0 amide bonds. The van der Waals surface area contributed by atoms with E-state index in [1.165, 1.54) is 0 Å². The Balaban J connectivity index is 1.94. The predicted molar refractivity (Wildman–Crippen MR) is 125 cm³/mol. The van der Waals surface area contributed by atoms with Crippen molar-refractivity contribution in [1.82, 2.24) is 0 Å². The van der Waals surface area contributed by atoms with Gasteiger partial charge in [0, 0.05) is 0 Å². The van der Waals surface area contributed by atoms with E-state index in [1.54, 1.807) is 0 Å². The molecule has 0 aliphatic carbocycles. The van der Waals surface area contributed by atoms with Gasteiger partial charge in [-0.05, 0) is 76.0 Å². The molecule has 0 aromatic heterocycles. The Kier molecular flexibility index (Phi) is 6.15. The van der Waals surface area contributed by atoms with E-state index in [0.29, 0.717) is 6.42 Å². The average Bonchev–Trinajstić information content (AvgIpc) is 2.88. The maximum atomic E-state index is 6.74. The van der Waals surface area contributed by atoms with Crippen molar-refractivity contribution < 1.29 is 14.0 Å². The maximum absolute atomic E-state index is 6.74. The van der Waals surface area contributed by atoms with Crippen LogP contribution in [0.2, 0.25) is 0 Å². The first kappa shape index (κ1) is 22.9. The lowest BCUT2D eigenvalue weighted by molar-refractivity contribution is 0.00578. The minimum atomic E-state index is -0.506.